The largest absolute Gasteiger partial charge is 0.488 e. The van der Waals surface area contributed by atoms with Gasteiger partial charge in [-0.25, -0.2) is 32.7 Å². The van der Waals surface area contributed by atoms with Crippen LogP contribution in [0, 0.1) is 43.1 Å². The van der Waals surface area contributed by atoms with E-state index in [0.29, 0.717) is 66.0 Å². The van der Waals surface area contributed by atoms with Crippen LogP contribution >= 0.6 is 0 Å². The Hall–Kier alpha value is -5.67. The summed E-state index contributed by atoms with van der Waals surface area (Å²) in [5.41, 5.74) is 1.52. The molecule has 0 bridgehead atoms. The number of carboxylic acid groups (broad SMARTS) is 2. The topological polar surface area (TPSA) is 161 Å². The molecule has 2 fully saturated rings. The first-order valence-electron chi connectivity index (χ1n) is 17.8. The predicted octanol–water partition coefficient (Wildman–Crippen LogP) is 7.25. The van der Waals surface area contributed by atoms with E-state index < -0.39 is 29.3 Å². The van der Waals surface area contributed by atoms with Crippen molar-refractivity contribution in [3.05, 3.63) is 108 Å². The third-order valence-corrected chi connectivity index (χ3v) is 8.19. The number of ether oxygens (including phenoxy) is 4. The number of aryl methyl sites for hydroxylation is 2. The summed E-state index contributed by atoms with van der Waals surface area (Å²) in [6, 6.07) is 16.7. The summed E-state index contributed by atoms with van der Waals surface area (Å²) in [6.45, 7) is 8.81. The lowest BCUT2D eigenvalue weighted by Crippen LogP contribution is -2.33. The molecule has 0 unspecified atom stereocenters. The number of para-hydroxylation sites is 1. The van der Waals surface area contributed by atoms with Gasteiger partial charge in [0.05, 0.1) is 13.2 Å². The molecule has 0 aliphatic carbocycles. The standard InChI is InChI=1S/C18H20F2N2O2.C18H21FN2O2.C4H4O4/c1-12-7-8-16(23-11-13-4-3-9-21-10-13)18(22-12)24-17-14(19)5-2-6-15(17)20;1-13-4-9-17(22-12-14-3-2-10-20-11-14)18(21-13)23-16-7-5-15(19)6-8-16;5-3(6)1-2-4(7)8/h2,5-8,13,21H,3-4,9-11H2,1H3;4-9,14,20H,2-3,10-12H2,1H3;1-2H,(H,5,6)(H,7,8)/t13-;14-;/m00./s1. The predicted molar refractivity (Wildman–Crippen MR) is 197 cm³/mol. The van der Waals surface area contributed by atoms with E-state index in [4.69, 9.17) is 29.2 Å². The van der Waals surface area contributed by atoms with E-state index in [1.165, 1.54) is 31.0 Å². The Morgan fingerprint density at radius 1 is 0.709 bits per heavy atom. The van der Waals surface area contributed by atoms with Gasteiger partial charge in [0.15, 0.2) is 23.1 Å². The van der Waals surface area contributed by atoms with Crippen molar-refractivity contribution in [1.29, 1.82) is 0 Å². The highest BCUT2D eigenvalue weighted by Crippen LogP contribution is 2.34. The summed E-state index contributed by atoms with van der Waals surface area (Å²) in [6.07, 6.45) is 5.67. The number of benzene rings is 2. The monoisotopic (exact) mass is 766 g/mol. The van der Waals surface area contributed by atoms with Crippen LogP contribution < -0.4 is 29.6 Å². The zero-order valence-corrected chi connectivity index (χ0v) is 30.6. The van der Waals surface area contributed by atoms with Crippen molar-refractivity contribution in [3.63, 3.8) is 0 Å². The Morgan fingerprint density at radius 2 is 1.18 bits per heavy atom. The zero-order chi connectivity index (χ0) is 39.6. The van der Waals surface area contributed by atoms with E-state index in [-0.39, 0.29) is 11.7 Å². The number of nitrogens with one attached hydrogen (secondary N) is 2. The lowest BCUT2D eigenvalue weighted by Gasteiger charge is -2.23. The minimum absolute atomic E-state index is 0.0720. The van der Waals surface area contributed by atoms with Crippen molar-refractivity contribution in [2.75, 3.05) is 39.4 Å². The van der Waals surface area contributed by atoms with E-state index in [2.05, 4.69) is 20.6 Å². The Balaban J connectivity index is 0.000000205. The van der Waals surface area contributed by atoms with Crippen molar-refractivity contribution in [1.82, 2.24) is 20.6 Å². The maximum absolute atomic E-state index is 13.8. The van der Waals surface area contributed by atoms with Gasteiger partial charge in [-0.3, -0.25) is 0 Å². The second-order valence-corrected chi connectivity index (χ2v) is 12.8. The Morgan fingerprint density at radius 3 is 1.62 bits per heavy atom. The molecule has 12 nitrogen and oxygen atoms in total. The number of hydrogen-bond acceptors (Lipinski definition) is 10. The highest BCUT2D eigenvalue weighted by molar-refractivity contribution is 5.89. The summed E-state index contributed by atoms with van der Waals surface area (Å²) < 4.78 is 63.5. The molecule has 2 aromatic carbocycles. The fourth-order valence-corrected chi connectivity index (χ4v) is 5.39. The number of piperidine rings is 2. The van der Waals surface area contributed by atoms with Gasteiger partial charge in [0, 0.05) is 48.5 Å². The molecule has 2 saturated heterocycles. The number of pyridine rings is 2. The smallest absolute Gasteiger partial charge is 0.328 e. The number of aromatic nitrogens is 2. The fraction of sp³-hybridized carbons (Fsp3) is 0.350. The SMILES string of the molecule is Cc1ccc(OC[C@H]2CCCNC2)c(Oc2c(F)cccc2F)n1.Cc1ccc(OC[C@H]2CCCNC2)c(Oc2ccc(F)cc2)n1.O=C(O)C=CC(=O)O. The van der Waals surface area contributed by atoms with Gasteiger partial charge in [0.25, 0.3) is 11.8 Å². The van der Waals surface area contributed by atoms with Gasteiger partial charge in [-0.2, -0.15) is 0 Å². The Bertz CT molecular complexity index is 1830. The number of carbonyl (C=O) groups is 2. The first kappa shape index (κ1) is 42.1. The highest BCUT2D eigenvalue weighted by Gasteiger charge is 2.19. The molecule has 0 spiro atoms. The lowest BCUT2D eigenvalue weighted by molar-refractivity contribution is -0.134. The molecule has 2 aliphatic rings. The lowest BCUT2D eigenvalue weighted by atomic mass is 10.0. The number of aliphatic carboxylic acids is 2. The molecule has 0 radical (unpaired) electrons. The van der Waals surface area contributed by atoms with Crippen LogP contribution in [0.3, 0.4) is 0 Å². The van der Waals surface area contributed by atoms with Crippen LogP contribution in [0.25, 0.3) is 0 Å². The van der Waals surface area contributed by atoms with Gasteiger partial charge in [0.1, 0.15) is 11.6 Å². The third kappa shape index (κ3) is 14.9. The van der Waals surface area contributed by atoms with Crippen LogP contribution in [0.4, 0.5) is 13.2 Å². The quantitative estimate of drug-likeness (QED) is 0.107. The van der Waals surface area contributed by atoms with E-state index in [1.54, 1.807) is 31.2 Å². The summed E-state index contributed by atoms with van der Waals surface area (Å²) in [7, 11) is 0. The number of carboxylic acids is 2. The minimum atomic E-state index is -1.26. The van der Waals surface area contributed by atoms with E-state index >= 15 is 0 Å². The first-order valence-corrected chi connectivity index (χ1v) is 17.8. The highest BCUT2D eigenvalue weighted by atomic mass is 19.1. The van der Waals surface area contributed by atoms with E-state index in [9.17, 15) is 22.8 Å². The number of nitrogens with zero attached hydrogens (tertiary/aromatic N) is 2. The average Bonchev–Trinajstić information content (AvgIpc) is 3.17. The van der Waals surface area contributed by atoms with Crippen molar-refractivity contribution in [3.8, 4) is 34.8 Å². The summed E-state index contributed by atoms with van der Waals surface area (Å²) in [5, 5.41) is 22.3. The molecule has 4 N–H and O–H groups in total. The molecule has 6 rings (SSSR count). The van der Waals surface area contributed by atoms with Gasteiger partial charge < -0.3 is 39.8 Å². The number of hydrogen-bond donors (Lipinski definition) is 4. The van der Waals surface area contributed by atoms with Gasteiger partial charge >= 0.3 is 11.9 Å². The molecule has 55 heavy (non-hydrogen) atoms. The molecule has 4 aromatic rings. The summed E-state index contributed by atoms with van der Waals surface area (Å²) >= 11 is 0. The van der Waals surface area contributed by atoms with Crippen LogP contribution in [-0.4, -0.2) is 71.5 Å². The third-order valence-electron chi connectivity index (χ3n) is 8.19. The molecular weight excluding hydrogens is 721 g/mol. The van der Waals surface area contributed by atoms with Crippen molar-refractivity contribution < 1.29 is 51.9 Å². The normalized spacial score (nSPS) is 16.5. The zero-order valence-electron chi connectivity index (χ0n) is 30.6. The maximum Gasteiger partial charge on any atom is 0.328 e. The van der Waals surface area contributed by atoms with E-state index in [0.717, 1.165) is 56.8 Å². The molecule has 0 saturated carbocycles. The number of rotatable bonds is 12. The maximum atomic E-state index is 13.8. The van der Waals surface area contributed by atoms with Gasteiger partial charge in [-0.05, 0) is 113 Å². The van der Waals surface area contributed by atoms with Gasteiger partial charge in [-0.15, -0.1) is 0 Å². The summed E-state index contributed by atoms with van der Waals surface area (Å²) in [5.74, 6) is -1.91. The minimum Gasteiger partial charge on any atom is -0.488 e. The van der Waals surface area contributed by atoms with Crippen LogP contribution in [0.1, 0.15) is 37.1 Å². The first-order chi connectivity index (χ1) is 26.5. The number of halogens is 3. The average molecular weight is 767 g/mol. The summed E-state index contributed by atoms with van der Waals surface area (Å²) in [4.78, 5) is 27.7. The molecule has 0 amide bonds. The van der Waals surface area contributed by atoms with Crippen molar-refractivity contribution in [2.24, 2.45) is 11.8 Å². The van der Waals surface area contributed by atoms with Crippen LogP contribution in [-0.2, 0) is 9.59 Å². The van der Waals surface area contributed by atoms with Gasteiger partial charge in [-0.1, -0.05) is 6.07 Å². The van der Waals surface area contributed by atoms with Crippen molar-refractivity contribution >= 4 is 11.9 Å². The molecule has 15 heteroatoms. The van der Waals surface area contributed by atoms with E-state index in [1.807, 2.05) is 19.1 Å². The molecule has 2 atom stereocenters. The van der Waals surface area contributed by atoms with Crippen LogP contribution in [0.2, 0.25) is 0 Å². The van der Waals surface area contributed by atoms with Crippen molar-refractivity contribution in [2.45, 2.75) is 39.5 Å². The van der Waals surface area contributed by atoms with Gasteiger partial charge in [0.2, 0.25) is 5.75 Å². The Kier molecular flexibility index (Phi) is 16.7. The molecular formula is C40H45F3N4O8. The molecule has 2 aliphatic heterocycles. The molecule has 4 heterocycles. The van der Waals surface area contributed by atoms with Crippen LogP contribution in [0.15, 0.2) is 78.9 Å². The molecule has 2 aromatic heterocycles. The van der Waals surface area contributed by atoms with Crippen LogP contribution in [0.5, 0.6) is 34.8 Å². The molecule has 294 valence electrons. The second-order valence-electron chi connectivity index (χ2n) is 12.8. The Labute approximate surface area is 317 Å². The fourth-order valence-electron chi connectivity index (χ4n) is 5.39. The second kappa shape index (κ2) is 21.9.